The molecule has 0 radical (unpaired) electrons. The summed E-state index contributed by atoms with van der Waals surface area (Å²) >= 11 is 0. The fraction of sp³-hybridized carbons (Fsp3) is 0.571. The van der Waals surface area contributed by atoms with Crippen LogP contribution in [0, 0.1) is 5.92 Å². The molecule has 3 fully saturated rings. The SMILES string of the molecule is COc1ncc2ncn(CC3C(=O)C4CCN3CC4)c2n1. The van der Waals surface area contributed by atoms with E-state index in [1.165, 1.54) is 7.11 Å². The van der Waals surface area contributed by atoms with Gasteiger partial charge in [-0.15, -0.1) is 0 Å². The van der Waals surface area contributed by atoms with Gasteiger partial charge in [0.1, 0.15) is 5.52 Å². The number of carbonyl (C=O) groups is 1. The Hall–Kier alpha value is -2.02. The summed E-state index contributed by atoms with van der Waals surface area (Å²) in [5.74, 6) is 0.620. The van der Waals surface area contributed by atoms with Crippen LogP contribution in [0.5, 0.6) is 6.01 Å². The lowest BCUT2D eigenvalue weighted by molar-refractivity contribution is -0.137. The molecule has 2 aromatic heterocycles. The van der Waals surface area contributed by atoms with Gasteiger partial charge in [-0.1, -0.05) is 0 Å². The minimum Gasteiger partial charge on any atom is -0.467 e. The van der Waals surface area contributed by atoms with Crippen molar-refractivity contribution in [2.24, 2.45) is 5.92 Å². The number of rotatable bonds is 3. The molecule has 110 valence electrons. The van der Waals surface area contributed by atoms with E-state index in [1.807, 2.05) is 4.57 Å². The third-order valence-electron chi connectivity index (χ3n) is 4.59. The lowest BCUT2D eigenvalue weighted by Gasteiger charge is -2.44. The van der Waals surface area contributed by atoms with E-state index in [0.717, 1.165) is 37.1 Å². The lowest BCUT2D eigenvalue weighted by Crippen LogP contribution is -2.56. The van der Waals surface area contributed by atoms with Gasteiger partial charge in [-0.3, -0.25) is 9.69 Å². The number of fused-ring (bicyclic) bond motifs is 4. The molecule has 5 rings (SSSR count). The fourth-order valence-corrected chi connectivity index (χ4v) is 3.41. The van der Waals surface area contributed by atoms with Crippen LogP contribution < -0.4 is 4.74 Å². The summed E-state index contributed by atoms with van der Waals surface area (Å²) in [6.07, 6.45) is 5.40. The molecule has 3 saturated heterocycles. The summed E-state index contributed by atoms with van der Waals surface area (Å²) in [5, 5.41) is 0. The number of ether oxygens (including phenoxy) is 1. The Bertz CT molecular complexity index is 690. The predicted octanol–water partition coefficient (Wildman–Crippen LogP) is 0.498. The van der Waals surface area contributed by atoms with Crippen molar-refractivity contribution in [1.82, 2.24) is 24.4 Å². The summed E-state index contributed by atoms with van der Waals surface area (Å²) in [6, 6.07) is 0.275. The van der Waals surface area contributed by atoms with Crippen molar-refractivity contribution in [2.75, 3.05) is 20.2 Å². The van der Waals surface area contributed by atoms with Gasteiger partial charge in [0.25, 0.3) is 0 Å². The molecular weight excluding hydrogens is 270 g/mol. The molecule has 1 atom stereocenters. The molecule has 7 nitrogen and oxygen atoms in total. The minimum atomic E-state index is -0.0455. The van der Waals surface area contributed by atoms with Gasteiger partial charge >= 0.3 is 6.01 Å². The van der Waals surface area contributed by atoms with Gasteiger partial charge in [0.15, 0.2) is 11.4 Å². The van der Waals surface area contributed by atoms with Crippen LogP contribution in [-0.4, -0.2) is 56.4 Å². The van der Waals surface area contributed by atoms with Crippen molar-refractivity contribution in [2.45, 2.75) is 25.4 Å². The van der Waals surface area contributed by atoms with Crippen LogP contribution in [0.25, 0.3) is 11.2 Å². The number of nitrogens with zero attached hydrogens (tertiary/aromatic N) is 5. The van der Waals surface area contributed by atoms with E-state index in [0.29, 0.717) is 18.3 Å². The number of imidazole rings is 1. The summed E-state index contributed by atoms with van der Waals surface area (Å²) in [6.45, 7) is 2.64. The van der Waals surface area contributed by atoms with E-state index in [4.69, 9.17) is 4.74 Å². The first-order chi connectivity index (χ1) is 10.3. The molecule has 3 aliphatic heterocycles. The first-order valence-corrected chi connectivity index (χ1v) is 7.26. The van der Waals surface area contributed by atoms with E-state index >= 15 is 0 Å². The van der Waals surface area contributed by atoms with Gasteiger partial charge in [0.05, 0.1) is 25.7 Å². The second kappa shape index (κ2) is 4.77. The van der Waals surface area contributed by atoms with Crippen molar-refractivity contribution >= 4 is 16.9 Å². The monoisotopic (exact) mass is 287 g/mol. The largest absolute Gasteiger partial charge is 0.467 e. The Labute approximate surface area is 121 Å². The minimum absolute atomic E-state index is 0.0455. The van der Waals surface area contributed by atoms with Crippen LogP contribution >= 0.6 is 0 Å². The van der Waals surface area contributed by atoms with Crippen LogP contribution in [0.1, 0.15) is 12.8 Å². The van der Waals surface area contributed by atoms with Crippen LogP contribution in [0.2, 0.25) is 0 Å². The Morgan fingerprint density at radius 3 is 2.86 bits per heavy atom. The van der Waals surface area contributed by atoms with Crippen molar-refractivity contribution in [3.63, 3.8) is 0 Å². The van der Waals surface area contributed by atoms with Crippen LogP contribution in [-0.2, 0) is 11.3 Å². The predicted molar refractivity (Wildman–Crippen MR) is 75.0 cm³/mol. The van der Waals surface area contributed by atoms with Crippen molar-refractivity contribution in [1.29, 1.82) is 0 Å². The first-order valence-electron chi connectivity index (χ1n) is 7.26. The number of hydrogen-bond acceptors (Lipinski definition) is 6. The molecule has 3 aliphatic rings. The molecule has 0 saturated carbocycles. The third-order valence-corrected chi connectivity index (χ3v) is 4.59. The average Bonchev–Trinajstić information content (AvgIpc) is 2.93. The molecule has 2 bridgehead atoms. The number of aromatic nitrogens is 4. The molecule has 0 aromatic carbocycles. The molecule has 7 heteroatoms. The van der Waals surface area contributed by atoms with Crippen LogP contribution in [0.3, 0.4) is 0 Å². The van der Waals surface area contributed by atoms with Gasteiger partial charge in [-0.05, 0) is 25.9 Å². The number of piperidine rings is 3. The summed E-state index contributed by atoms with van der Waals surface area (Å²) in [5.41, 5.74) is 1.44. The molecular formula is C14H17N5O2. The quantitative estimate of drug-likeness (QED) is 0.818. The zero-order chi connectivity index (χ0) is 14.4. The molecule has 2 aromatic rings. The van der Waals surface area contributed by atoms with Gasteiger partial charge < -0.3 is 9.30 Å². The van der Waals surface area contributed by atoms with E-state index in [2.05, 4.69) is 19.9 Å². The zero-order valence-electron chi connectivity index (χ0n) is 11.9. The Morgan fingerprint density at radius 1 is 1.33 bits per heavy atom. The number of methoxy groups -OCH3 is 1. The fourth-order valence-electron chi connectivity index (χ4n) is 3.41. The Balaban J connectivity index is 1.66. The van der Waals surface area contributed by atoms with Gasteiger partial charge in [0, 0.05) is 12.5 Å². The summed E-state index contributed by atoms with van der Waals surface area (Å²) in [7, 11) is 1.54. The highest BCUT2D eigenvalue weighted by molar-refractivity contribution is 5.88. The van der Waals surface area contributed by atoms with E-state index < -0.39 is 0 Å². The standard InChI is InChI=1S/C14H17N5O2/c1-21-14-15-6-10-13(17-14)19(8-16-10)7-11-12(20)9-2-4-18(11)5-3-9/h6,8-9,11H,2-5,7H2,1H3. The summed E-state index contributed by atoms with van der Waals surface area (Å²) < 4.78 is 7.00. The smallest absolute Gasteiger partial charge is 0.318 e. The molecule has 1 unspecified atom stereocenters. The van der Waals surface area contributed by atoms with Crippen LogP contribution in [0.4, 0.5) is 0 Å². The molecule has 0 N–H and O–H groups in total. The molecule has 0 aliphatic carbocycles. The van der Waals surface area contributed by atoms with E-state index in [-0.39, 0.29) is 12.0 Å². The molecule has 0 amide bonds. The van der Waals surface area contributed by atoms with Crippen molar-refractivity contribution in [3.05, 3.63) is 12.5 Å². The normalized spacial score (nSPS) is 28.2. The van der Waals surface area contributed by atoms with E-state index in [1.54, 1.807) is 12.5 Å². The van der Waals surface area contributed by atoms with Crippen molar-refractivity contribution in [3.8, 4) is 6.01 Å². The molecule has 0 spiro atoms. The maximum atomic E-state index is 12.4. The highest BCUT2D eigenvalue weighted by atomic mass is 16.5. The topological polar surface area (TPSA) is 73.1 Å². The molecule has 21 heavy (non-hydrogen) atoms. The highest BCUT2D eigenvalue weighted by Gasteiger charge is 2.41. The average molecular weight is 287 g/mol. The first kappa shape index (κ1) is 12.7. The Morgan fingerprint density at radius 2 is 2.14 bits per heavy atom. The number of Topliss-reactive ketones (excluding diaryl/α,β-unsaturated/α-hetero) is 1. The van der Waals surface area contributed by atoms with E-state index in [9.17, 15) is 4.79 Å². The maximum Gasteiger partial charge on any atom is 0.318 e. The van der Waals surface area contributed by atoms with Crippen molar-refractivity contribution < 1.29 is 9.53 Å². The second-order valence-electron chi connectivity index (χ2n) is 5.69. The number of hydrogen-bond donors (Lipinski definition) is 0. The van der Waals surface area contributed by atoms with Crippen LogP contribution in [0.15, 0.2) is 12.5 Å². The summed E-state index contributed by atoms with van der Waals surface area (Å²) in [4.78, 5) is 27.4. The second-order valence-corrected chi connectivity index (χ2v) is 5.69. The number of carbonyl (C=O) groups excluding carboxylic acids is 1. The highest BCUT2D eigenvalue weighted by Crippen LogP contribution is 2.30. The maximum absolute atomic E-state index is 12.4. The number of ketones is 1. The van der Waals surface area contributed by atoms with Gasteiger partial charge in [-0.2, -0.15) is 4.98 Å². The van der Waals surface area contributed by atoms with Gasteiger partial charge in [-0.25, -0.2) is 9.97 Å². The third kappa shape index (κ3) is 1.99. The Kier molecular flexibility index (Phi) is 2.88. The zero-order valence-corrected chi connectivity index (χ0v) is 11.9. The lowest BCUT2D eigenvalue weighted by atomic mass is 9.82. The van der Waals surface area contributed by atoms with Gasteiger partial charge in [0.2, 0.25) is 0 Å². The molecule has 5 heterocycles.